The summed E-state index contributed by atoms with van der Waals surface area (Å²) in [6, 6.07) is 8.87. The van der Waals surface area contributed by atoms with Crippen LogP contribution in [0.1, 0.15) is 61.7 Å². The lowest BCUT2D eigenvalue weighted by molar-refractivity contribution is -0.134. The maximum atomic E-state index is 12.4. The fourth-order valence-corrected chi connectivity index (χ4v) is 6.07. The Morgan fingerprint density at radius 3 is 2.04 bits per heavy atom. The highest BCUT2D eigenvalue weighted by Gasteiger charge is 2.51. The Bertz CT molecular complexity index is 711. The molecule has 6 heteroatoms. The Morgan fingerprint density at radius 2 is 1.43 bits per heavy atom. The van der Waals surface area contributed by atoms with Gasteiger partial charge in [0.25, 0.3) is 5.91 Å². The van der Waals surface area contributed by atoms with Gasteiger partial charge in [0.2, 0.25) is 11.8 Å². The fraction of sp³-hybridized carbons (Fsp3) is 0.591. The Balaban J connectivity index is 1.16. The molecule has 0 saturated heterocycles. The van der Waals surface area contributed by atoms with Crippen LogP contribution in [-0.4, -0.2) is 24.3 Å². The van der Waals surface area contributed by atoms with Crippen molar-refractivity contribution in [2.75, 3.05) is 6.54 Å². The van der Waals surface area contributed by atoms with Gasteiger partial charge in [-0.15, -0.1) is 0 Å². The zero-order valence-corrected chi connectivity index (χ0v) is 16.2. The number of benzene rings is 1. The van der Waals surface area contributed by atoms with Gasteiger partial charge in [0.15, 0.2) is 0 Å². The lowest BCUT2D eigenvalue weighted by Gasteiger charge is -2.56. The van der Waals surface area contributed by atoms with Crippen molar-refractivity contribution in [3.63, 3.8) is 0 Å². The molecule has 1 aromatic carbocycles. The second kappa shape index (κ2) is 7.94. The topological polar surface area (TPSA) is 87.3 Å². The minimum absolute atomic E-state index is 0.0939. The molecule has 4 aliphatic carbocycles. The molecule has 4 bridgehead atoms. The highest BCUT2D eigenvalue weighted by atomic mass is 16.2. The van der Waals surface area contributed by atoms with E-state index in [1.165, 1.54) is 38.5 Å². The molecule has 5 rings (SSSR count). The SMILES string of the molecule is O=C(CCNC(=O)c1ccccc1)NNC(=O)CC12CC3CC(CC(C3)C1)C2. The molecule has 6 nitrogen and oxygen atoms in total. The molecule has 0 spiro atoms. The standard InChI is InChI=1S/C22H29N3O3/c26-19(6-7-23-21(28)18-4-2-1-3-5-18)24-25-20(27)14-22-11-15-8-16(12-22)10-17(9-15)13-22/h1-5,15-17H,6-14H2,(H,23,28)(H,24,26)(H,25,27). The van der Waals surface area contributed by atoms with Crippen LogP contribution in [0.15, 0.2) is 30.3 Å². The fourth-order valence-electron chi connectivity index (χ4n) is 6.07. The van der Waals surface area contributed by atoms with Gasteiger partial charge in [-0.2, -0.15) is 0 Å². The van der Waals surface area contributed by atoms with E-state index in [0.29, 0.717) is 12.0 Å². The molecule has 3 amide bonds. The minimum atomic E-state index is -0.299. The summed E-state index contributed by atoms with van der Waals surface area (Å²) in [5, 5.41) is 2.71. The molecular formula is C22H29N3O3. The Labute approximate surface area is 165 Å². The first kappa shape index (κ1) is 19.0. The molecule has 0 unspecified atom stereocenters. The molecule has 0 heterocycles. The van der Waals surface area contributed by atoms with E-state index in [9.17, 15) is 14.4 Å². The molecule has 0 atom stereocenters. The average Bonchev–Trinajstić information content (AvgIpc) is 2.65. The Hall–Kier alpha value is -2.37. The second-order valence-electron chi connectivity index (χ2n) is 9.06. The van der Waals surface area contributed by atoms with Gasteiger partial charge >= 0.3 is 0 Å². The van der Waals surface area contributed by atoms with E-state index in [2.05, 4.69) is 16.2 Å². The normalized spacial score (nSPS) is 29.9. The van der Waals surface area contributed by atoms with E-state index in [1.807, 2.05) is 6.07 Å². The van der Waals surface area contributed by atoms with Gasteiger partial charge in [-0.25, -0.2) is 0 Å². The molecule has 4 saturated carbocycles. The van der Waals surface area contributed by atoms with E-state index in [0.717, 1.165) is 17.8 Å². The molecule has 0 aromatic heterocycles. The van der Waals surface area contributed by atoms with E-state index in [-0.39, 0.29) is 36.1 Å². The van der Waals surface area contributed by atoms with Crippen molar-refractivity contribution in [3.8, 4) is 0 Å². The van der Waals surface area contributed by atoms with Gasteiger partial charge in [0.05, 0.1) is 0 Å². The van der Waals surface area contributed by atoms with Gasteiger partial charge in [0, 0.05) is 24.9 Å². The lowest BCUT2D eigenvalue weighted by atomic mass is 9.49. The summed E-state index contributed by atoms with van der Waals surface area (Å²) in [5.74, 6) is 1.82. The van der Waals surface area contributed by atoms with Gasteiger partial charge in [-0.05, 0) is 73.8 Å². The maximum absolute atomic E-state index is 12.4. The van der Waals surface area contributed by atoms with E-state index in [1.54, 1.807) is 24.3 Å². The number of nitrogens with one attached hydrogen (secondary N) is 3. The molecule has 0 aliphatic heterocycles. The van der Waals surface area contributed by atoms with Crippen molar-refractivity contribution < 1.29 is 14.4 Å². The summed E-state index contributed by atoms with van der Waals surface area (Å²) in [4.78, 5) is 36.3. The predicted molar refractivity (Wildman–Crippen MR) is 105 cm³/mol. The van der Waals surface area contributed by atoms with Crippen LogP contribution in [0, 0.1) is 23.2 Å². The van der Waals surface area contributed by atoms with Crippen LogP contribution >= 0.6 is 0 Å². The van der Waals surface area contributed by atoms with Gasteiger partial charge < -0.3 is 5.32 Å². The number of hydrazine groups is 1. The maximum Gasteiger partial charge on any atom is 0.251 e. The van der Waals surface area contributed by atoms with Crippen LogP contribution in [0.2, 0.25) is 0 Å². The third kappa shape index (κ3) is 4.37. The lowest BCUT2D eigenvalue weighted by Crippen LogP contribution is -2.50. The summed E-state index contributed by atoms with van der Waals surface area (Å²) in [7, 11) is 0. The predicted octanol–water partition coefficient (Wildman–Crippen LogP) is 2.56. The average molecular weight is 383 g/mol. The summed E-state index contributed by atoms with van der Waals surface area (Å²) < 4.78 is 0. The monoisotopic (exact) mass is 383 g/mol. The van der Waals surface area contributed by atoms with E-state index < -0.39 is 0 Å². The number of amides is 3. The summed E-state index contributed by atoms with van der Waals surface area (Å²) in [6.45, 7) is 0.227. The number of rotatable bonds is 6. The second-order valence-corrected chi connectivity index (χ2v) is 9.06. The van der Waals surface area contributed by atoms with Crippen molar-refractivity contribution >= 4 is 17.7 Å². The van der Waals surface area contributed by atoms with Crippen LogP contribution in [0.4, 0.5) is 0 Å². The first-order valence-corrected chi connectivity index (χ1v) is 10.4. The largest absolute Gasteiger partial charge is 0.352 e. The Morgan fingerprint density at radius 1 is 0.857 bits per heavy atom. The van der Waals surface area contributed by atoms with Crippen molar-refractivity contribution in [1.29, 1.82) is 0 Å². The zero-order chi connectivity index (χ0) is 19.6. The molecule has 3 N–H and O–H groups in total. The smallest absolute Gasteiger partial charge is 0.251 e. The van der Waals surface area contributed by atoms with Gasteiger partial charge in [-0.3, -0.25) is 25.2 Å². The number of carbonyl (C=O) groups excluding carboxylic acids is 3. The minimum Gasteiger partial charge on any atom is -0.352 e. The van der Waals surface area contributed by atoms with Crippen LogP contribution in [0.5, 0.6) is 0 Å². The third-order valence-electron chi connectivity index (χ3n) is 6.72. The molecule has 28 heavy (non-hydrogen) atoms. The molecule has 1 aromatic rings. The quantitative estimate of drug-likeness (QED) is 0.660. The van der Waals surface area contributed by atoms with Crippen LogP contribution in [-0.2, 0) is 9.59 Å². The van der Waals surface area contributed by atoms with Crippen LogP contribution < -0.4 is 16.2 Å². The van der Waals surface area contributed by atoms with E-state index in [4.69, 9.17) is 0 Å². The molecule has 4 aliphatic rings. The van der Waals surface area contributed by atoms with Crippen molar-refractivity contribution in [1.82, 2.24) is 16.2 Å². The highest BCUT2D eigenvalue weighted by molar-refractivity contribution is 5.94. The summed E-state index contributed by atoms with van der Waals surface area (Å²) in [5.41, 5.74) is 5.79. The van der Waals surface area contributed by atoms with Crippen LogP contribution in [0.3, 0.4) is 0 Å². The molecule has 150 valence electrons. The first-order chi connectivity index (χ1) is 13.5. The molecular weight excluding hydrogens is 354 g/mol. The zero-order valence-electron chi connectivity index (χ0n) is 16.2. The van der Waals surface area contributed by atoms with E-state index >= 15 is 0 Å². The highest BCUT2D eigenvalue weighted by Crippen LogP contribution is 2.61. The van der Waals surface area contributed by atoms with Crippen LogP contribution in [0.25, 0.3) is 0 Å². The van der Waals surface area contributed by atoms with Gasteiger partial charge in [-0.1, -0.05) is 18.2 Å². The summed E-state index contributed by atoms with van der Waals surface area (Å²) in [6.07, 6.45) is 8.21. The van der Waals surface area contributed by atoms with Crippen molar-refractivity contribution in [2.24, 2.45) is 23.2 Å². The number of hydrogen-bond acceptors (Lipinski definition) is 3. The third-order valence-corrected chi connectivity index (χ3v) is 6.72. The number of carbonyl (C=O) groups is 3. The molecule has 4 fully saturated rings. The number of hydrogen-bond donors (Lipinski definition) is 3. The van der Waals surface area contributed by atoms with Crippen molar-refractivity contribution in [2.45, 2.75) is 51.4 Å². The van der Waals surface area contributed by atoms with Gasteiger partial charge in [0.1, 0.15) is 0 Å². The summed E-state index contributed by atoms with van der Waals surface area (Å²) >= 11 is 0. The van der Waals surface area contributed by atoms with Crippen molar-refractivity contribution in [3.05, 3.63) is 35.9 Å². The molecule has 0 radical (unpaired) electrons. The Kier molecular flexibility index (Phi) is 5.38. The first-order valence-electron chi connectivity index (χ1n) is 10.4.